The molecule has 0 N–H and O–H groups in total. The molecule has 2 aromatic heterocycles. The number of ether oxygens (including phenoxy) is 2. The van der Waals surface area contributed by atoms with Crippen LogP contribution in [0.5, 0.6) is 0 Å². The van der Waals surface area contributed by atoms with E-state index in [-0.39, 0.29) is 5.82 Å². The van der Waals surface area contributed by atoms with Crippen LogP contribution >= 0.6 is 0 Å². The minimum absolute atomic E-state index is 0.343. The van der Waals surface area contributed by atoms with Crippen molar-refractivity contribution in [3.05, 3.63) is 42.2 Å². The maximum absolute atomic E-state index is 14.2. The van der Waals surface area contributed by atoms with Gasteiger partial charge in [0.15, 0.2) is 17.3 Å². The van der Waals surface area contributed by atoms with E-state index in [9.17, 15) is 4.39 Å². The van der Waals surface area contributed by atoms with E-state index in [1.807, 2.05) is 12.1 Å². The Morgan fingerprint density at radius 1 is 0.962 bits per heavy atom. The number of piperidine rings is 1. The molecule has 0 atom stereocenters. The van der Waals surface area contributed by atoms with Gasteiger partial charge >= 0.3 is 0 Å². The number of nitrogens with zero attached hydrogens (tertiary/aromatic N) is 5. The number of hydrogen-bond donors (Lipinski definition) is 0. The lowest BCUT2D eigenvalue weighted by Crippen LogP contribution is -2.45. The molecular formula is C18H18FN5O2. The summed E-state index contributed by atoms with van der Waals surface area (Å²) in [6.45, 7) is 2.90. The number of rotatable bonds is 2. The van der Waals surface area contributed by atoms with Gasteiger partial charge in [0.2, 0.25) is 0 Å². The molecule has 4 heterocycles. The van der Waals surface area contributed by atoms with Crippen molar-refractivity contribution in [3.63, 3.8) is 0 Å². The lowest BCUT2D eigenvalue weighted by atomic mass is 10.0. The van der Waals surface area contributed by atoms with Gasteiger partial charge in [-0.15, -0.1) is 15.3 Å². The molecule has 2 fully saturated rings. The Kier molecular flexibility index (Phi) is 3.61. The van der Waals surface area contributed by atoms with E-state index in [2.05, 4.69) is 20.2 Å². The molecule has 5 rings (SSSR count). The second kappa shape index (κ2) is 6.00. The van der Waals surface area contributed by atoms with Crippen LogP contribution in [0.25, 0.3) is 17.0 Å². The smallest absolute Gasteiger partial charge is 0.188 e. The summed E-state index contributed by atoms with van der Waals surface area (Å²) in [6.07, 6.45) is 1.60. The summed E-state index contributed by atoms with van der Waals surface area (Å²) >= 11 is 0. The van der Waals surface area contributed by atoms with Crippen LogP contribution in [0.3, 0.4) is 0 Å². The fourth-order valence-corrected chi connectivity index (χ4v) is 3.62. The third-order valence-corrected chi connectivity index (χ3v) is 5.03. The van der Waals surface area contributed by atoms with E-state index >= 15 is 0 Å². The minimum atomic E-state index is -0.421. The fraction of sp³-hybridized carbons (Fsp3) is 0.389. The van der Waals surface area contributed by atoms with Gasteiger partial charge < -0.3 is 14.4 Å². The van der Waals surface area contributed by atoms with E-state index in [4.69, 9.17) is 9.47 Å². The Hall–Kier alpha value is -2.58. The molecule has 2 saturated heterocycles. The maximum atomic E-state index is 14.2. The summed E-state index contributed by atoms with van der Waals surface area (Å²) in [7, 11) is 0. The summed E-state index contributed by atoms with van der Waals surface area (Å²) in [5.41, 5.74) is 0.970. The SMILES string of the molecule is Fc1ccccc1-c1nnc2ccc(N3CCC4(CC3)OCCO4)nn12. The first kappa shape index (κ1) is 15.7. The highest BCUT2D eigenvalue weighted by Crippen LogP contribution is 2.33. The number of halogens is 1. The largest absolute Gasteiger partial charge is 0.355 e. The lowest BCUT2D eigenvalue weighted by molar-refractivity contribution is -0.169. The molecule has 3 aromatic rings. The molecule has 0 saturated carbocycles. The van der Waals surface area contributed by atoms with Crippen LogP contribution in [0.1, 0.15) is 12.8 Å². The monoisotopic (exact) mass is 355 g/mol. The van der Waals surface area contributed by atoms with E-state index in [0.29, 0.717) is 30.2 Å². The van der Waals surface area contributed by atoms with Crippen molar-refractivity contribution in [3.8, 4) is 11.4 Å². The molecule has 0 aliphatic carbocycles. The first-order valence-corrected chi connectivity index (χ1v) is 8.74. The maximum Gasteiger partial charge on any atom is 0.188 e. The first-order chi connectivity index (χ1) is 12.7. The van der Waals surface area contributed by atoms with Crippen LogP contribution in [0.2, 0.25) is 0 Å². The van der Waals surface area contributed by atoms with Crippen molar-refractivity contribution < 1.29 is 13.9 Å². The zero-order valence-corrected chi connectivity index (χ0v) is 14.1. The molecule has 1 aromatic carbocycles. The van der Waals surface area contributed by atoms with Crippen LogP contribution in [0.15, 0.2) is 36.4 Å². The van der Waals surface area contributed by atoms with Gasteiger partial charge in [0.25, 0.3) is 0 Å². The topological polar surface area (TPSA) is 64.8 Å². The standard InChI is InChI=1S/C18H18FN5O2/c19-14-4-2-1-3-13(14)17-21-20-15-5-6-16(22-24(15)17)23-9-7-18(8-10-23)25-11-12-26-18/h1-6H,7-12H2. The second-order valence-electron chi connectivity index (χ2n) is 6.56. The van der Waals surface area contributed by atoms with Gasteiger partial charge in [-0.25, -0.2) is 4.39 Å². The Morgan fingerprint density at radius 3 is 2.50 bits per heavy atom. The van der Waals surface area contributed by atoms with Gasteiger partial charge in [0.05, 0.1) is 18.8 Å². The average molecular weight is 355 g/mol. The first-order valence-electron chi connectivity index (χ1n) is 8.74. The summed E-state index contributed by atoms with van der Waals surface area (Å²) < 4.78 is 27.3. The quantitative estimate of drug-likeness (QED) is 0.703. The van der Waals surface area contributed by atoms with Gasteiger partial charge in [-0.05, 0) is 24.3 Å². The number of fused-ring (bicyclic) bond motifs is 1. The third-order valence-electron chi connectivity index (χ3n) is 5.03. The van der Waals surface area contributed by atoms with Crippen molar-refractivity contribution in [2.24, 2.45) is 0 Å². The number of hydrogen-bond acceptors (Lipinski definition) is 6. The highest BCUT2D eigenvalue weighted by molar-refractivity contribution is 5.60. The summed E-state index contributed by atoms with van der Waals surface area (Å²) in [6, 6.07) is 10.3. The predicted octanol–water partition coefficient (Wildman–Crippen LogP) is 2.27. The molecule has 0 unspecified atom stereocenters. The zero-order chi connectivity index (χ0) is 17.6. The van der Waals surface area contributed by atoms with Gasteiger partial charge in [-0.1, -0.05) is 12.1 Å². The highest BCUT2D eigenvalue weighted by Gasteiger charge is 2.40. The van der Waals surface area contributed by atoms with E-state index in [0.717, 1.165) is 31.7 Å². The lowest BCUT2D eigenvalue weighted by Gasteiger charge is -2.38. The molecule has 2 aliphatic rings. The van der Waals surface area contributed by atoms with Crippen LogP contribution in [-0.4, -0.2) is 51.9 Å². The van der Waals surface area contributed by atoms with Crippen molar-refractivity contribution in [2.45, 2.75) is 18.6 Å². The van der Waals surface area contributed by atoms with Crippen LogP contribution < -0.4 is 4.90 Å². The van der Waals surface area contributed by atoms with E-state index in [1.54, 1.807) is 22.7 Å². The number of aromatic nitrogens is 4. The van der Waals surface area contributed by atoms with Gasteiger partial charge in [-0.2, -0.15) is 4.52 Å². The van der Waals surface area contributed by atoms with Gasteiger partial charge in [0, 0.05) is 25.9 Å². The van der Waals surface area contributed by atoms with Crippen LogP contribution in [0.4, 0.5) is 10.2 Å². The minimum Gasteiger partial charge on any atom is -0.355 e. The molecule has 8 heteroatoms. The Morgan fingerprint density at radius 2 is 1.73 bits per heavy atom. The Balaban J connectivity index is 1.47. The number of anilines is 1. The predicted molar refractivity (Wildman–Crippen MR) is 92.3 cm³/mol. The molecule has 0 radical (unpaired) electrons. The van der Waals surface area contributed by atoms with E-state index in [1.165, 1.54) is 6.07 Å². The Labute approximate surface area is 149 Å². The summed E-state index contributed by atoms with van der Waals surface area (Å²) in [5.74, 6) is 0.443. The molecule has 0 amide bonds. The molecular weight excluding hydrogens is 337 g/mol. The third kappa shape index (κ3) is 2.53. The normalized spacial score (nSPS) is 19.5. The molecule has 7 nitrogen and oxygen atoms in total. The van der Waals surface area contributed by atoms with Crippen molar-refractivity contribution >= 4 is 11.5 Å². The Bertz CT molecular complexity index is 944. The zero-order valence-electron chi connectivity index (χ0n) is 14.1. The van der Waals surface area contributed by atoms with Gasteiger partial charge in [-0.3, -0.25) is 0 Å². The fourth-order valence-electron chi connectivity index (χ4n) is 3.62. The van der Waals surface area contributed by atoms with Crippen LogP contribution in [0, 0.1) is 5.82 Å². The highest BCUT2D eigenvalue weighted by atomic mass is 19.1. The molecule has 0 bridgehead atoms. The van der Waals surface area contributed by atoms with Crippen molar-refractivity contribution in [1.82, 2.24) is 19.8 Å². The van der Waals surface area contributed by atoms with E-state index < -0.39 is 5.79 Å². The molecule has 26 heavy (non-hydrogen) atoms. The molecule has 1 spiro atoms. The number of benzene rings is 1. The van der Waals surface area contributed by atoms with Crippen LogP contribution in [-0.2, 0) is 9.47 Å². The molecule has 134 valence electrons. The van der Waals surface area contributed by atoms with Gasteiger partial charge in [0.1, 0.15) is 11.6 Å². The molecule has 2 aliphatic heterocycles. The summed E-state index contributed by atoms with van der Waals surface area (Å²) in [4.78, 5) is 2.18. The van der Waals surface area contributed by atoms with Crippen molar-refractivity contribution in [2.75, 3.05) is 31.2 Å². The second-order valence-corrected chi connectivity index (χ2v) is 6.56. The average Bonchev–Trinajstić information content (AvgIpc) is 3.30. The summed E-state index contributed by atoms with van der Waals surface area (Å²) in [5, 5.41) is 12.9. The van der Waals surface area contributed by atoms with Crippen molar-refractivity contribution in [1.29, 1.82) is 0 Å².